The number of hydrogen-bond donors (Lipinski definition) is 2. The Morgan fingerprint density at radius 1 is 1.26 bits per heavy atom. The van der Waals surface area contributed by atoms with Crippen molar-refractivity contribution in [1.82, 2.24) is 20.1 Å². The zero-order chi connectivity index (χ0) is 21.6. The van der Waals surface area contributed by atoms with Crippen LogP contribution >= 0.6 is 0 Å². The van der Waals surface area contributed by atoms with E-state index >= 15 is 0 Å². The van der Waals surface area contributed by atoms with Crippen molar-refractivity contribution in [2.24, 2.45) is 0 Å². The number of carbonyl (C=O) groups excluding carboxylic acids is 1. The Balaban J connectivity index is 1.45. The second-order valence-electron chi connectivity index (χ2n) is 7.79. The number of fused-ring (bicyclic) bond motifs is 1. The van der Waals surface area contributed by atoms with Gasteiger partial charge < -0.3 is 19.7 Å². The van der Waals surface area contributed by atoms with Crippen LogP contribution in [0.25, 0.3) is 11.0 Å². The Kier molecular flexibility index (Phi) is 6.66. The van der Waals surface area contributed by atoms with Gasteiger partial charge in [0.25, 0.3) is 0 Å². The van der Waals surface area contributed by atoms with Crippen LogP contribution in [0.5, 0.6) is 5.75 Å². The first kappa shape index (κ1) is 21.1. The number of H-pyrrole nitrogens is 1. The molecule has 31 heavy (non-hydrogen) atoms. The fourth-order valence-corrected chi connectivity index (χ4v) is 4.10. The second kappa shape index (κ2) is 9.78. The summed E-state index contributed by atoms with van der Waals surface area (Å²) in [6, 6.07) is 12.0. The third kappa shape index (κ3) is 4.80. The molecule has 4 rings (SSSR count). The van der Waals surface area contributed by atoms with Crippen LogP contribution in [0.1, 0.15) is 36.4 Å². The molecule has 0 unspecified atom stereocenters. The van der Waals surface area contributed by atoms with Crippen LogP contribution in [0.4, 0.5) is 5.82 Å². The van der Waals surface area contributed by atoms with E-state index in [1.165, 1.54) is 0 Å². The van der Waals surface area contributed by atoms with Crippen LogP contribution < -0.4 is 10.1 Å². The summed E-state index contributed by atoms with van der Waals surface area (Å²) in [4.78, 5) is 19.1. The first-order chi connectivity index (χ1) is 15.2. The van der Waals surface area contributed by atoms with Crippen LogP contribution in [0.3, 0.4) is 0 Å². The van der Waals surface area contributed by atoms with Crippen molar-refractivity contribution in [3.63, 3.8) is 0 Å². The lowest BCUT2D eigenvalue weighted by molar-refractivity contribution is -0.133. The number of carbonyl (C=O) groups is 1. The number of hydrogen-bond acceptors (Lipinski definition) is 6. The zero-order valence-corrected chi connectivity index (χ0v) is 18.1. The number of aromatic amines is 1. The summed E-state index contributed by atoms with van der Waals surface area (Å²) >= 11 is 0. The lowest BCUT2D eigenvalue weighted by Crippen LogP contribution is -2.39. The van der Waals surface area contributed by atoms with Crippen LogP contribution in [-0.2, 0) is 16.1 Å². The van der Waals surface area contributed by atoms with Gasteiger partial charge in [0.15, 0.2) is 11.5 Å². The van der Waals surface area contributed by atoms with Crippen molar-refractivity contribution in [3.05, 3.63) is 47.7 Å². The lowest BCUT2D eigenvalue weighted by atomic mass is 9.94. The molecule has 1 saturated heterocycles. The minimum absolute atomic E-state index is 0.150. The molecule has 3 aromatic rings. The maximum Gasteiger partial charge on any atom is 0.224 e. The minimum atomic E-state index is 0.150. The number of ether oxygens (including phenoxy) is 2. The number of aromatic nitrogens is 3. The standard InChI is InChI=1S/C23H29N5O3/c1-30-13-11-21(29)28-12-5-7-17(15-28)19-10-9-18-22(26-27-23(18)25-19)24-14-16-6-3-4-8-20(16)31-2/h3-4,6,8-10,17H,5,7,11-15H2,1-2H3,(H2,24,25,26,27)/t17-/m0/s1. The highest BCUT2D eigenvalue weighted by atomic mass is 16.5. The number of nitrogens with one attached hydrogen (secondary N) is 2. The Labute approximate surface area is 181 Å². The normalized spacial score (nSPS) is 16.5. The largest absolute Gasteiger partial charge is 0.496 e. The van der Waals surface area contributed by atoms with Crippen molar-refractivity contribution in [1.29, 1.82) is 0 Å². The predicted octanol–water partition coefficient (Wildman–Crippen LogP) is 3.32. The summed E-state index contributed by atoms with van der Waals surface area (Å²) in [6.45, 7) is 2.58. The fraction of sp³-hybridized carbons (Fsp3) is 0.435. The van der Waals surface area contributed by atoms with Gasteiger partial charge in [0, 0.05) is 43.9 Å². The van der Waals surface area contributed by atoms with Gasteiger partial charge in [-0.1, -0.05) is 18.2 Å². The van der Waals surface area contributed by atoms with E-state index in [2.05, 4.69) is 27.6 Å². The van der Waals surface area contributed by atoms with Gasteiger partial charge in [-0.05, 0) is 31.0 Å². The van der Waals surface area contributed by atoms with Crippen LogP contribution in [0.2, 0.25) is 0 Å². The second-order valence-corrected chi connectivity index (χ2v) is 7.79. The van der Waals surface area contributed by atoms with Crippen LogP contribution in [0.15, 0.2) is 36.4 Å². The van der Waals surface area contributed by atoms with Crippen molar-refractivity contribution < 1.29 is 14.3 Å². The fourth-order valence-electron chi connectivity index (χ4n) is 4.10. The van der Waals surface area contributed by atoms with Gasteiger partial charge in [0.05, 0.1) is 25.5 Å². The zero-order valence-electron chi connectivity index (χ0n) is 18.1. The molecule has 8 nitrogen and oxygen atoms in total. The van der Waals surface area contributed by atoms with Crippen molar-refractivity contribution in [3.8, 4) is 5.75 Å². The van der Waals surface area contributed by atoms with E-state index in [9.17, 15) is 4.79 Å². The maximum atomic E-state index is 12.4. The van der Waals surface area contributed by atoms with E-state index in [0.29, 0.717) is 26.1 Å². The highest BCUT2D eigenvalue weighted by molar-refractivity contribution is 5.87. The number of nitrogens with zero attached hydrogens (tertiary/aromatic N) is 3. The molecule has 3 heterocycles. The molecule has 2 N–H and O–H groups in total. The molecule has 8 heteroatoms. The molecule has 1 fully saturated rings. The number of anilines is 1. The van der Waals surface area contributed by atoms with Gasteiger partial charge in [0.1, 0.15) is 5.75 Å². The molecule has 0 radical (unpaired) electrons. The summed E-state index contributed by atoms with van der Waals surface area (Å²) in [5.41, 5.74) is 2.81. The van der Waals surface area contributed by atoms with Gasteiger partial charge in [-0.3, -0.25) is 9.89 Å². The van der Waals surface area contributed by atoms with Crippen molar-refractivity contribution >= 4 is 22.8 Å². The van der Waals surface area contributed by atoms with Gasteiger partial charge in [-0.2, -0.15) is 5.10 Å². The van der Waals surface area contributed by atoms with E-state index < -0.39 is 0 Å². The Bertz CT molecular complexity index is 1030. The summed E-state index contributed by atoms with van der Waals surface area (Å²) < 4.78 is 10.5. The molecular weight excluding hydrogens is 394 g/mol. The molecule has 0 bridgehead atoms. The van der Waals surface area contributed by atoms with Gasteiger partial charge >= 0.3 is 0 Å². The van der Waals surface area contributed by atoms with Crippen LogP contribution in [-0.4, -0.2) is 59.9 Å². The predicted molar refractivity (Wildman–Crippen MR) is 119 cm³/mol. The van der Waals surface area contributed by atoms with E-state index in [4.69, 9.17) is 14.5 Å². The topological polar surface area (TPSA) is 92.4 Å². The molecule has 1 aliphatic rings. The number of likely N-dealkylation sites (tertiary alicyclic amines) is 1. The molecule has 1 aliphatic heterocycles. The van der Waals surface area contributed by atoms with E-state index in [1.807, 2.05) is 29.2 Å². The third-order valence-corrected chi connectivity index (χ3v) is 5.80. The van der Waals surface area contributed by atoms with E-state index in [0.717, 1.165) is 53.2 Å². The molecular formula is C23H29N5O3. The summed E-state index contributed by atoms with van der Waals surface area (Å²) in [7, 11) is 3.29. The van der Waals surface area contributed by atoms with E-state index in [1.54, 1.807) is 14.2 Å². The number of pyridine rings is 1. The quantitative estimate of drug-likeness (QED) is 0.577. The SMILES string of the molecule is COCCC(=O)N1CCC[C@H](c2ccc3c(NCc4ccccc4OC)n[nH]c3n2)C1. The average Bonchev–Trinajstić information content (AvgIpc) is 3.23. The Hall–Kier alpha value is -3.13. The van der Waals surface area contributed by atoms with Gasteiger partial charge in [0.2, 0.25) is 5.91 Å². The number of methoxy groups -OCH3 is 2. The minimum Gasteiger partial charge on any atom is -0.496 e. The van der Waals surface area contributed by atoms with Gasteiger partial charge in [-0.15, -0.1) is 0 Å². The summed E-state index contributed by atoms with van der Waals surface area (Å²) in [5.74, 6) is 1.99. The number of para-hydroxylation sites is 1. The highest BCUT2D eigenvalue weighted by Gasteiger charge is 2.25. The Morgan fingerprint density at radius 3 is 2.97 bits per heavy atom. The van der Waals surface area contributed by atoms with Crippen molar-refractivity contribution in [2.45, 2.75) is 31.7 Å². The number of piperidine rings is 1. The molecule has 0 saturated carbocycles. The molecule has 164 valence electrons. The van der Waals surface area contributed by atoms with Crippen molar-refractivity contribution in [2.75, 3.05) is 39.2 Å². The van der Waals surface area contributed by atoms with E-state index in [-0.39, 0.29) is 11.8 Å². The monoisotopic (exact) mass is 423 g/mol. The molecule has 0 aliphatic carbocycles. The van der Waals surface area contributed by atoms with Gasteiger partial charge in [-0.25, -0.2) is 4.98 Å². The highest BCUT2D eigenvalue weighted by Crippen LogP contribution is 2.29. The average molecular weight is 424 g/mol. The third-order valence-electron chi connectivity index (χ3n) is 5.80. The molecule has 1 aromatic carbocycles. The number of amides is 1. The first-order valence-electron chi connectivity index (χ1n) is 10.7. The smallest absolute Gasteiger partial charge is 0.224 e. The Morgan fingerprint density at radius 2 is 2.13 bits per heavy atom. The summed E-state index contributed by atoms with van der Waals surface area (Å²) in [6.07, 6.45) is 2.44. The molecule has 2 aromatic heterocycles. The lowest BCUT2D eigenvalue weighted by Gasteiger charge is -2.32. The summed E-state index contributed by atoms with van der Waals surface area (Å²) in [5, 5.41) is 11.8. The maximum absolute atomic E-state index is 12.4. The number of benzene rings is 1. The molecule has 1 amide bonds. The van der Waals surface area contributed by atoms with Crippen LogP contribution in [0, 0.1) is 0 Å². The molecule has 1 atom stereocenters. The number of rotatable bonds is 8. The first-order valence-corrected chi connectivity index (χ1v) is 10.7. The molecule has 0 spiro atoms.